The Morgan fingerprint density at radius 1 is 0.344 bits per heavy atom. The normalized spacial score (nSPS) is 12.7. The molecule has 0 N–H and O–H groups in total. The van der Waals surface area contributed by atoms with E-state index in [0.717, 1.165) is 49.9 Å². The van der Waals surface area contributed by atoms with Crippen LogP contribution >= 0.6 is 0 Å². The molecule has 0 amide bonds. The molecule has 11 aromatic rings. The number of para-hydroxylation sites is 2. The van der Waals surface area contributed by atoms with E-state index in [1.807, 2.05) is 12.1 Å². The highest BCUT2D eigenvalue weighted by Crippen LogP contribution is 2.52. The average molecular weight is 819 g/mol. The fourth-order valence-corrected chi connectivity index (χ4v) is 9.90. The van der Waals surface area contributed by atoms with Gasteiger partial charge in [-0.2, -0.15) is 0 Å². The summed E-state index contributed by atoms with van der Waals surface area (Å²) in [5.74, 6) is 1.86. The Morgan fingerprint density at radius 3 is 1.45 bits per heavy atom. The quantitative estimate of drug-likeness (QED) is 0.161. The maximum Gasteiger partial charge on any atom is 0.166 e. The van der Waals surface area contributed by atoms with Crippen molar-refractivity contribution in [3.05, 3.63) is 230 Å². The third kappa shape index (κ3) is 6.18. The molecular formula is C60H42N4. The summed E-state index contributed by atoms with van der Waals surface area (Å²) in [6.45, 7) is 4.69. The van der Waals surface area contributed by atoms with E-state index < -0.39 is 0 Å². The van der Waals surface area contributed by atoms with Crippen LogP contribution < -0.4 is 0 Å². The first-order chi connectivity index (χ1) is 31.5. The molecule has 0 aliphatic heterocycles. The van der Waals surface area contributed by atoms with Crippen LogP contribution in [-0.2, 0) is 5.41 Å². The Morgan fingerprint density at radius 2 is 0.812 bits per heavy atom. The molecule has 2 aromatic heterocycles. The van der Waals surface area contributed by atoms with E-state index >= 15 is 0 Å². The largest absolute Gasteiger partial charge is 0.308 e. The van der Waals surface area contributed by atoms with Crippen molar-refractivity contribution < 1.29 is 0 Å². The van der Waals surface area contributed by atoms with Gasteiger partial charge in [0, 0.05) is 38.6 Å². The Balaban J connectivity index is 1.07. The van der Waals surface area contributed by atoms with Gasteiger partial charge in [-0.15, -0.1) is 0 Å². The molecule has 9 aromatic carbocycles. The van der Waals surface area contributed by atoms with Crippen LogP contribution in [-0.4, -0.2) is 19.5 Å². The first kappa shape index (κ1) is 37.5. The molecule has 4 nitrogen and oxygen atoms in total. The van der Waals surface area contributed by atoms with Gasteiger partial charge in [-0.3, -0.25) is 0 Å². The fourth-order valence-electron chi connectivity index (χ4n) is 9.90. The molecule has 64 heavy (non-hydrogen) atoms. The van der Waals surface area contributed by atoms with E-state index in [9.17, 15) is 0 Å². The second-order valence-corrected chi connectivity index (χ2v) is 17.2. The van der Waals surface area contributed by atoms with Crippen molar-refractivity contribution in [1.82, 2.24) is 19.5 Å². The van der Waals surface area contributed by atoms with Crippen LogP contribution in [0.4, 0.5) is 0 Å². The molecule has 0 spiro atoms. The van der Waals surface area contributed by atoms with E-state index in [0.29, 0.717) is 17.5 Å². The standard InChI is InChI=1S/C60H42N4/c1-60(2)52-26-13-12-22-49(52)55-47(23-15-27-53(55)60)45-36-37-54-51(38-45)48-24-14-25-50(56(48)64(54)46-20-10-5-11-21-46)59-62-57(43-32-28-41(29-33-43)39-16-6-3-7-17-39)61-58(63-59)44-34-30-42(31-35-44)40-18-8-4-9-19-40/h3-38H,1-2H3. The van der Waals surface area contributed by atoms with Crippen molar-refractivity contribution in [2.45, 2.75) is 19.3 Å². The van der Waals surface area contributed by atoms with Gasteiger partial charge in [0.05, 0.1) is 11.0 Å². The first-order valence-corrected chi connectivity index (χ1v) is 21.9. The van der Waals surface area contributed by atoms with Crippen LogP contribution in [0.2, 0.25) is 0 Å². The average Bonchev–Trinajstić information content (AvgIpc) is 3.82. The second-order valence-electron chi connectivity index (χ2n) is 17.2. The van der Waals surface area contributed by atoms with Gasteiger partial charge in [-0.1, -0.05) is 202 Å². The molecule has 0 saturated carbocycles. The van der Waals surface area contributed by atoms with Crippen LogP contribution in [0.15, 0.2) is 218 Å². The van der Waals surface area contributed by atoms with Crippen molar-refractivity contribution in [2.24, 2.45) is 0 Å². The van der Waals surface area contributed by atoms with E-state index in [4.69, 9.17) is 15.0 Å². The third-order valence-electron chi connectivity index (χ3n) is 13.1. The Labute approximate surface area is 372 Å². The monoisotopic (exact) mass is 818 g/mol. The number of hydrogen-bond acceptors (Lipinski definition) is 3. The Hall–Kier alpha value is -8.21. The Kier molecular flexibility index (Phi) is 8.80. The van der Waals surface area contributed by atoms with Crippen molar-refractivity contribution in [2.75, 3.05) is 0 Å². The summed E-state index contributed by atoms with van der Waals surface area (Å²) in [7, 11) is 0. The van der Waals surface area contributed by atoms with Gasteiger partial charge in [-0.25, -0.2) is 15.0 Å². The SMILES string of the molecule is CC1(C)c2ccccc2-c2c(-c3ccc4c(c3)c3cccc(-c5nc(-c6ccc(-c7ccccc7)cc6)nc(-c6ccc(-c7ccccc7)cc6)n5)c3n4-c3ccccc3)cccc21. The molecule has 1 aliphatic carbocycles. The number of fused-ring (bicyclic) bond motifs is 6. The van der Waals surface area contributed by atoms with Gasteiger partial charge in [0.2, 0.25) is 0 Å². The molecule has 0 atom stereocenters. The summed E-state index contributed by atoms with van der Waals surface area (Å²) >= 11 is 0. The first-order valence-electron chi connectivity index (χ1n) is 21.9. The predicted octanol–water partition coefficient (Wildman–Crippen LogP) is 15.3. The van der Waals surface area contributed by atoms with Gasteiger partial charge >= 0.3 is 0 Å². The lowest BCUT2D eigenvalue weighted by Gasteiger charge is -2.21. The van der Waals surface area contributed by atoms with Crippen LogP contribution in [0.25, 0.3) is 106 Å². The summed E-state index contributed by atoms with van der Waals surface area (Å²) in [6, 6.07) is 77.8. The van der Waals surface area contributed by atoms with Gasteiger partial charge in [0.25, 0.3) is 0 Å². The maximum atomic E-state index is 5.33. The van der Waals surface area contributed by atoms with E-state index in [-0.39, 0.29) is 5.41 Å². The number of hydrogen-bond donors (Lipinski definition) is 0. The van der Waals surface area contributed by atoms with E-state index in [1.165, 1.54) is 49.9 Å². The minimum atomic E-state index is -0.0829. The highest BCUT2D eigenvalue weighted by Gasteiger charge is 2.36. The molecule has 0 bridgehead atoms. The lowest BCUT2D eigenvalue weighted by Crippen LogP contribution is -2.14. The molecule has 0 fully saturated rings. The smallest absolute Gasteiger partial charge is 0.166 e. The molecular weight excluding hydrogens is 777 g/mol. The van der Waals surface area contributed by atoms with E-state index in [1.54, 1.807) is 0 Å². The number of nitrogens with zero attached hydrogens (tertiary/aromatic N) is 4. The van der Waals surface area contributed by atoms with Crippen LogP contribution in [0, 0.1) is 0 Å². The molecule has 302 valence electrons. The van der Waals surface area contributed by atoms with Crippen LogP contribution in [0.1, 0.15) is 25.0 Å². The second kappa shape index (κ2) is 15.0. The van der Waals surface area contributed by atoms with Crippen molar-refractivity contribution in [1.29, 1.82) is 0 Å². The lowest BCUT2D eigenvalue weighted by atomic mass is 9.82. The lowest BCUT2D eigenvalue weighted by molar-refractivity contribution is 0.660. The topological polar surface area (TPSA) is 43.6 Å². The minimum absolute atomic E-state index is 0.0829. The highest BCUT2D eigenvalue weighted by molar-refractivity contribution is 6.14. The molecule has 12 rings (SSSR count). The summed E-state index contributed by atoms with van der Waals surface area (Å²) in [5.41, 5.74) is 18.4. The number of aromatic nitrogens is 4. The number of benzene rings is 9. The predicted molar refractivity (Wildman–Crippen MR) is 264 cm³/mol. The van der Waals surface area contributed by atoms with Crippen LogP contribution in [0.5, 0.6) is 0 Å². The zero-order valence-electron chi connectivity index (χ0n) is 35.6. The molecule has 2 heterocycles. The molecule has 1 aliphatic rings. The summed E-state index contributed by atoms with van der Waals surface area (Å²) in [5, 5.41) is 2.30. The molecule has 0 radical (unpaired) electrons. The van der Waals surface area contributed by atoms with Gasteiger partial charge in [0.1, 0.15) is 0 Å². The fraction of sp³-hybridized carbons (Fsp3) is 0.0500. The van der Waals surface area contributed by atoms with Crippen molar-refractivity contribution >= 4 is 21.8 Å². The summed E-state index contributed by atoms with van der Waals surface area (Å²) in [6.07, 6.45) is 0. The van der Waals surface area contributed by atoms with E-state index in [2.05, 4.69) is 225 Å². The van der Waals surface area contributed by atoms with Gasteiger partial charge in [0.15, 0.2) is 17.5 Å². The zero-order valence-corrected chi connectivity index (χ0v) is 35.6. The summed E-state index contributed by atoms with van der Waals surface area (Å²) < 4.78 is 2.38. The molecule has 4 heteroatoms. The Bertz CT molecular complexity index is 3430. The minimum Gasteiger partial charge on any atom is -0.308 e. The molecule has 0 saturated heterocycles. The third-order valence-corrected chi connectivity index (χ3v) is 13.1. The maximum absolute atomic E-state index is 5.33. The van der Waals surface area contributed by atoms with Crippen molar-refractivity contribution in [3.8, 4) is 84.4 Å². The number of rotatable bonds is 7. The highest BCUT2D eigenvalue weighted by atomic mass is 15.0. The van der Waals surface area contributed by atoms with Gasteiger partial charge in [-0.05, 0) is 86.0 Å². The van der Waals surface area contributed by atoms with Gasteiger partial charge < -0.3 is 4.57 Å². The molecule has 0 unspecified atom stereocenters. The van der Waals surface area contributed by atoms with Crippen LogP contribution in [0.3, 0.4) is 0 Å². The van der Waals surface area contributed by atoms with Crippen molar-refractivity contribution in [3.63, 3.8) is 0 Å². The summed E-state index contributed by atoms with van der Waals surface area (Å²) in [4.78, 5) is 15.8. The zero-order chi connectivity index (χ0) is 42.8.